The Labute approximate surface area is 188 Å². The van der Waals surface area contributed by atoms with Crippen molar-refractivity contribution in [1.29, 1.82) is 5.26 Å². The number of nitriles is 1. The molecule has 0 fully saturated rings. The van der Waals surface area contributed by atoms with E-state index in [9.17, 15) is 13.9 Å². The van der Waals surface area contributed by atoms with E-state index < -0.39 is 18.6 Å². The Morgan fingerprint density at radius 3 is 2.85 bits per heavy atom. The summed E-state index contributed by atoms with van der Waals surface area (Å²) in [5.74, 6) is 0.376. The van der Waals surface area contributed by atoms with Crippen LogP contribution in [0.15, 0.2) is 35.9 Å². The van der Waals surface area contributed by atoms with Crippen LogP contribution in [0.5, 0.6) is 0 Å². The van der Waals surface area contributed by atoms with Gasteiger partial charge in [-0.1, -0.05) is 5.16 Å². The van der Waals surface area contributed by atoms with Gasteiger partial charge in [0.15, 0.2) is 11.5 Å². The summed E-state index contributed by atoms with van der Waals surface area (Å²) in [6.45, 7) is 2.91. The van der Waals surface area contributed by atoms with Gasteiger partial charge in [0.1, 0.15) is 12.2 Å². The molecule has 3 aromatic rings. The fourth-order valence-electron chi connectivity index (χ4n) is 3.53. The van der Waals surface area contributed by atoms with Crippen LogP contribution < -0.4 is 5.32 Å². The van der Waals surface area contributed by atoms with Crippen molar-refractivity contribution in [3.05, 3.63) is 41.9 Å². The highest BCUT2D eigenvalue weighted by molar-refractivity contribution is 6.05. The van der Waals surface area contributed by atoms with E-state index >= 15 is 0 Å². The molecule has 4 rings (SSSR count). The molecule has 0 spiro atoms. The maximum atomic E-state index is 12.9. The zero-order valence-corrected chi connectivity index (χ0v) is 18.2. The smallest absolute Gasteiger partial charge is 0.255 e. The number of alkyl halides is 2. The quantitative estimate of drug-likeness (QED) is 0.534. The minimum absolute atomic E-state index is 0.206. The molecule has 9 nitrogen and oxygen atoms in total. The van der Waals surface area contributed by atoms with Gasteiger partial charge in [-0.3, -0.25) is 0 Å². The summed E-state index contributed by atoms with van der Waals surface area (Å²) in [5.41, 5.74) is 1.65. The monoisotopic (exact) mass is 455 g/mol. The number of nitrogens with one attached hydrogen (secondary N) is 1. The first-order chi connectivity index (χ1) is 15.7. The summed E-state index contributed by atoms with van der Waals surface area (Å²) < 4.78 is 27.4. The standard InChI is InChI=1S/C22H23F2N7O2/c1-22(2,32)4-3-15-6-18(30-33-15)16-11-27-20(7-17(16)26-12-19(23)24)31-21-14(10-29-31)5-13(8-25)9-28-21/h5,7,9-11,15,19,32H,3-4,6,12H2,1-2H3,(H,26,27). The fourth-order valence-corrected chi connectivity index (χ4v) is 3.53. The largest absolute Gasteiger partial charge is 0.392 e. The van der Waals surface area contributed by atoms with E-state index in [1.165, 1.54) is 10.9 Å². The predicted octanol–water partition coefficient (Wildman–Crippen LogP) is 3.41. The molecule has 11 heteroatoms. The Kier molecular flexibility index (Phi) is 6.20. The third-order valence-corrected chi connectivity index (χ3v) is 5.21. The molecule has 1 atom stereocenters. The SMILES string of the molecule is CC(C)(O)CCC1CC(c2cnc(-n3ncc4cc(C#N)cnc43)cc2NCC(F)F)=NO1. The van der Waals surface area contributed by atoms with Gasteiger partial charge in [0.25, 0.3) is 6.43 Å². The average molecular weight is 455 g/mol. The number of pyridine rings is 2. The molecule has 0 aromatic carbocycles. The number of aliphatic hydroxyl groups is 1. The van der Waals surface area contributed by atoms with Crippen molar-refractivity contribution in [2.24, 2.45) is 5.16 Å². The molecule has 0 saturated heterocycles. The summed E-state index contributed by atoms with van der Waals surface area (Å²) >= 11 is 0. The Morgan fingerprint density at radius 1 is 1.30 bits per heavy atom. The molecule has 2 N–H and O–H groups in total. The predicted molar refractivity (Wildman–Crippen MR) is 117 cm³/mol. The van der Waals surface area contributed by atoms with Crippen LogP contribution in [0.1, 0.15) is 44.2 Å². The van der Waals surface area contributed by atoms with E-state index in [2.05, 4.69) is 25.5 Å². The highest BCUT2D eigenvalue weighted by Crippen LogP contribution is 2.28. The molecule has 1 aliphatic rings. The first-order valence-corrected chi connectivity index (χ1v) is 10.5. The number of hydrogen-bond acceptors (Lipinski definition) is 8. The minimum Gasteiger partial charge on any atom is -0.392 e. The van der Waals surface area contributed by atoms with E-state index in [1.54, 1.807) is 38.4 Å². The lowest BCUT2D eigenvalue weighted by molar-refractivity contribution is 0.0298. The number of aromatic nitrogens is 4. The van der Waals surface area contributed by atoms with Crippen molar-refractivity contribution in [1.82, 2.24) is 19.7 Å². The number of rotatable bonds is 8. The summed E-state index contributed by atoms with van der Waals surface area (Å²) in [5, 5.41) is 30.8. The number of fused-ring (bicyclic) bond motifs is 1. The van der Waals surface area contributed by atoms with Crippen LogP contribution in [0.4, 0.5) is 14.5 Å². The van der Waals surface area contributed by atoms with Crippen LogP contribution >= 0.6 is 0 Å². The Hall–Kier alpha value is -3.65. The first kappa shape index (κ1) is 22.5. The van der Waals surface area contributed by atoms with Crippen LogP contribution in [0, 0.1) is 11.3 Å². The van der Waals surface area contributed by atoms with Crippen molar-refractivity contribution >= 4 is 22.4 Å². The van der Waals surface area contributed by atoms with E-state index in [1.807, 2.05) is 6.07 Å². The number of anilines is 1. The Bertz CT molecular complexity index is 1230. The van der Waals surface area contributed by atoms with Gasteiger partial charge in [-0.15, -0.1) is 0 Å². The maximum absolute atomic E-state index is 12.9. The highest BCUT2D eigenvalue weighted by Gasteiger charge is 2.27. The zero-order chi connectivity index (χ0) is 23.6. The van der Waals surface area contributed by atoms with Crippen molar-refractivity contribution in [3.8, 4) is 11.9 Å². The molecule has 0 radical (unpaired) electrons. The molecule has 4 heterocycles. The number of halogens is 2. The zero-order valence-electron chi connectivity index (χ0n) is 18.2. The molecule has 0 bridgehead atoms. The van der Waals surface area contributed by atoms with Gasteiger partial charge in [0, 0.05) is 41.5 Å². The third-order valence-electron chi connectivity index (χ3n) is 5.21. The summed E-state index contributed by atoms with van der Waals surface area (Å²) in [6, 6.07) is 5.30. The van der Waals surface area contributed by atoms with Crippen LogP contribution in [0.2, 0.25) is 0 Å². The molecule has 0 saturated carbocycles. The van der Waals surface area contributed by atoms with E-state index in [0.29, 0.717) is 58.6 Å². The third kappa shape index (κ3) is 5.23. The normalized spacial score (nSPS) is 16.0. The topological polar surface area (TPSA) is 121 Å². The lowest BCUT2D eigenvalue weighted by Gasteiger charge is -2.18. The maximum Gasteiger partial charge on any atom is 0.255 e. The lowest BCUT2D eigenvalue weighted by atomic mass is 9.97. The average Bonchev–Trinajstić information content (AvgIpc) is 3.42. The Balaban J connectivity index is 1.62. The molecule has 1 aliphatic heterocycles. The molecule has 1 unspecified atom stereocenters. The number of hydrogen-bond donors (Lipinski definition) is 2. The van der Waals surface area contributed by atoms with Crippen molar-refractivity contribution in [3.63, 3.8) is 0 Å². The second kappa shape index (κ2) is 9.07. The van der Waals surface area contributed by atoms with Gasteiger partial charge < -0.3 is 15.3 Å². The van der Waals surface area contributed by atoms with E-state index in [4.69, 9.17) is 10.1 Å². The van der Waals surface area contributed by atoms with E-state index in [0.717, 1.165) is 0 Å². The van der Waals surface area contributed by atoms with Gasteiger partial charge in [-0.25, -0.2) is 18.7 Å². The molecule has 172 valence electrons. The molecule has 0 aliphatic carbocycles. The van der Waals surface area contributed by atoms with Crippen LogP contribution in [0.3, 0.4) is 0 Å². The van der Waals surface area contributed by atoms with Gasteiger partial charge in [-0.2, -0.15) is 15.0 Å². The molecular formula is C22H23F2N7O2. The van der Waals surface area contributed by atoms with Gasteiger partial charge in [0.2, 0.25) is 0 Å². The van der Waals surface area contributed by atoms with Crippen molar-refractivity contribution in [2.45, 2.75) is 51.2 Å². The van der Waals surface area contributed by atoms with Crippen molar-refractivity contribution in [2.75, 3.05) is 11.9 Å². The van der Waals surface area contributed by atoms with Gasteiger partial charge >= 0.3 is 0 Å². The summed E-state index contributed by atoms with van der Waals surface area (Å²) in [6.07, 6.45) is 3.41. The minimum atomic E-state index is -2.55. The summed E-state index contributed by atoms with van der Waals surface area (Å²) in [7, 11) is 0. The summed E-state index contributed by atoms with van der Waals surface area (Å²) in [4.78, 5) is 14.2. The second-order valence-electron chi connectivity index (χ2n) is 8.49. The number of nitrogens with zero attached hydrogens (tertiary/aromatic N) is 6. The molecule has 3 aromatic heterocycles. The first-order valence-electron chi connectivity index (χ1n) is 10.5. The van der Waals surface area contributed by atoms with Gasteiger partial charge in [-0.05, 0) is 32.8 Å². The van der Waals surface area contributed by atoms with Crippen LogP contribution in [-0.4, -0.2) is 55.2 Å². The fraction of sp³-hybridized carbons (Fsp3) is 0.409. The molecule has 33 heavy (non-hydrogen) atoms. The van der Waals surface area contributed by atoms with Crippen molar-refractivity contribution < 1.29 is 18.7 Å². The van der Waals surface area contributed by atoms with Crippen LogP contribution in [0.25, 0.3) is 16.9 Å². The Morgan fingerprint density at radius 2 is 2.12 bits per heavy atom. The lowest BCUT2D eigenvalue weighted by Crippen LogP contribution is -2.22. The van der Waals surface area contributed by atoms with Crippen LogP contribution in [-0.2, 0) is 4.84 Å². The van der Waals surface area contributed by atoms with E-state index in [-0.39, 0.29) is 6.10 Å². The molecule has 0 amide bonds. The van der Waals surface area contributed by atoms with Gasteiger partial charge in [0.05, 0.1) is 29.6 Å². The second-order valence-corrected chi connectivity index (χ2v) is 8.49. The number of oxime groups is 1. The highest BCUT2D eigenvalue weighted by atomic mass is 19.3. The molecular weight excluding hydrogens is 432 g/mol.